The maximum absolute atomic E-state index is 13.1. The van der Waals surface area contributed by atoms with Crippen LogP contribution in [-0.4, -0.2) is 59.6 Å². The molecule has 0 aromatic heterocycles. The number of hydrogen-bond acceptors (Lipinski definition) is 4. The van der Waals surface area contributed by atoms with E-state index in [2.05, 4.69) is 5.32 Å². The van der Waals surface area contributed by atoms with Gasteiger partial charge < -0.3 is 20.1 Å². The summed E-state index contributed by atoms with van der Waals surface area (Å²) < 4.78 is 18.3. The minimum absolute atomic E-state index is 0.0751. The Morgan fingerprint density at radius 2 is 2.13 bits per heavy atom. The highest BCUT2D eigenvalue weighted by atomic mass is 19.1. The zero-order valence-corrected chi connectivity index (χ0v) is 12.5. The van der Waals surface area contributed by atoms with E-state index in [1.54, 1.807) is 6.92 Å². The van der Waals surface area contributed by atoms with E-state index in [4.69, 9.17) is 9.84 Å². The predicted molar refractivity (Wildman–Crippen MR) is 77.3 cm³/mol. The fraction of sp³-hybridized carbons (Fsp3) is 0.400. The molecule has 8 heteroatoms. The Morgan fingerprint density at radius 3 is 2.78 bits per heavy atom. The second-order valence-corrected chi connectivity index (χ2v) is 5.27. The molecule has 7 nitrogen and oxygen atoms in total. The number of carbonyl (C=O) groups excluding carboxylic acids is 2. The van der Waals surface area contributed by atoms with Gasteiger partial charge in [0.1, 0.15) is 5.82 Å². The number of ether oxygens (including phenoxy) is 1. The van der Waals surface area contributed by atoms with E-state index in [1.807, 2.05) is 0 Å². The number of carboxylic acid groups (broad SMARTS) is 1. The van der Waals surface area contributed by atoms with Crippen LogP contribution >= 0.6 is 0 Å². The summed E-state index contributed by atoms with van der Waals surface area (Å²) >= 11 is 0. The summed E-state index contributed by atoms with van der Waals surface area (Å²) in [5.41, 5.74) is 0.108. The summed E-state index contributed by atoms with van der Waals surface area (Å²) in [5, 5.41) is 11.4. The number of hydrogen-bond donors (Lipinski definition) is 2. The fourth-order valence-electron chi connectivity index (χ4n) is 2.29. The average Bonchev–Trinajstić information content (AvgIpc) is 2.51. The van der Waals surface area contributed by atoms with Gasteiger partial charge in [0.25, 0.3) is 5.91 Å². The van der Waals surface area contributed by atoms with E-state index in [-0.39, 0.29) is 25.2 Å². The van der Waals surface area contributed by atoms with Crippen molar-refractivity contribution in [1.82, 2.24) is 10.2 Å². The van der Waals surface area contributed by atoms with Crippen molar-refractivity contribution in [3.63, 3.8) is 0 Å². The summed E-state index contributed by atoms with van der Waals surface area (Å²) in [6, 6.07) is 5.10. The van der Waals surface area contributed by atoms with Crippen molar-refractivity contribution >= 4 is 17.8 Å². The van der Waals surface area contributed by atoms with Gasteiger partial charge in [0.05, 0.1) is 19.2 Å². The number of carboxylic acids is 1. The van der Waals surface area contributed by atoms with Gasteiger partial charge in [-0.25, -0.2) is 9.18 Å². The first-order valence-corrected chi connectivity index (χ1v) is 7.06. The molecule has 1 aromatic rings. The van der Waals surface area contributed by atoms with Crippen LogP contribution in [0.5, 0.6) is 0 Å². The minimum atomic E-state index is -1.14. The summed E-state index contributed by atoms with van der Waals surface area (Å²) in [4.78, 5) is 36.3. The molecule has 0 spiro atoms. The van der Waals surface area contributed by atoms with Gasteiger partial charge in [0, 0.05) is 12.1 Å². The van der Waals surface area contributed by atoms with E-state index >= 15 is 0 Å². The molecule has 0 radical (unpaired) electrons. The molecule has 0 aliphatic carbocycles. The number of amides is 2. The fourth-order valence-corrected chi connectivity index (χ4v) is 2.29. The molecule has 1 heterocycles. The second kappa shape index (κ2) is 7.19. The van der Waals surface area contributed by atoms with Gasteiger partial charge in [-0.1, -0.05) is 6.07 Å². The molecule has 1 saturated heterocycles. The maximum Gasteiger partial charge on any atom is 0.334 e. The zero-order chi connectivity index (χ0) is 17.0. The molecule has 2 atom stereocenters. The molecule has 2 amide bonds. The highest BCUT2D eigenvalue weighted by molar-refractivity contribution is 5.96. The summed E-state index contributed by atoms with van der Waals surface area (Å²) in [5.74, 6) is -2.68. The van der Waals surface area contributed by atoms with Crippen LogP contribution in [-0.2, 0) is 14.3 Å². The van der Waals surface area contributed by atoms with Gasteiger partial charge in [-0.2, -0.15) is 0 Å². The number of nitrogens with one attached hydrogen (secondary N) is 1. The van der Waals surface area contributed by atoms with Crippen molar-refractivity contribution in [2.45, 2.75) is 19.1 Å². The Morgan fingerprint density at radius 1 is 1.39 bits per heavy atom. The summed E-state index contributed by atoms with van der Waals surface area (Å²) in [6.07, 6.45) is -1.49. The van der Waals surface area contributed by atoms with Gasteiger partial charge in [0.2, 0.25) is 5.91 Å². The van der Waals surface area contributed by atoms with Crippen LogP contribution in [0.15, 0.2) is 24.3 Å². The Balaban J connectivity index is 1.91. The molecule has 0 saturated carbocycles. The first-order valence-electron chi connectivity index (χ1n) is 7.06. The summed E-state index contributed by atoms with van der Waals surface area (Å²) in [6.45, 7) is 1.54. The number of rotatable bonds is 4. The monoisotopic (exact) mass is 324 g/mol. The van der Waals surface area contributed by atoms with Crippen LogP contribution < -0.4 is 5.32 Å². The minimum Gasteiger partial charge on any atom is -0.479 e. The molecule has 1 unspecified atom stereocenters. The maximum atomic E-state index is 13.1. The first kappa shape index (κ1) is 16.9. The molecule has 2 rings (SSSR count). The number of halogens is 1. The lowest BCUT2D eigenvalue weighted by molar-refractivity contribution is -0.166. The van der Waals surface area contributed by atoms with E-state index in [9.17, 15) is 18.8 Å². The van der Waals surface area contributed by atoms with Gasteiger partial charge >= 0.3 is 5.97 Å². The predicted octanol–water partition coefficient (Wildman–Crippen LogP) is 0.256. The lowest BCUT2D eigenvalue weighted by atomic mass is 10.2. The van der Waals surface area contributed by atoms with E-state index in [0.717, 1.165) is 6.07 Å². The third-order valence-corrected chi connectivity index (χ3v) is 3.38. The molecule has 0 bridgehead atoms. The smallest absolute Gasteiger partial charge is 0.334 e. The van der Waals surface area contributed by atoms with Gasteiger partial charge in [-0.15, -0.1) is 0 Å². The molecule has 23 heavy (non-hydrogen) atoms. The van der Waals surface area contributed by atoms with Crippen LogP contribution in [0.3, 0.4) is 0 Å². The van der Waals surface area contributed by atoms with Crippen molar-refractivity contribution in [3.8, 4) is 0 Å². The van der Waals surface area contributed by atoms with Crippen LogP contribution in [0.1, 0.15) is 17.3 Å². The van der Waals surface area contributed by atoms with Crippen molar-refractivity contribution in [2.24, 2.45) is 0 Å². The quantitative estimate of drug-likeness (QED) is 0.828. The lowest BCUT2D eigenvalue weighted by Gasteiger charge is -2.34. The third-order valence-electron chi connectivity index (χ3n) is 3.38. The molecule has 124 valence electrons. The van der Waals surface area contributed by atoms with Crippen molar-refractivity contribution in [1.29, 1.82) is 0 Å². The number of morpholine rings is 1. The number of benzene rings is 1. The lowest BCUT2D eigenvalue weighted by Crippen LogP contribution is -2.53. The third kappa shape index (κ3) is 4.49. The Bertz CT molecular complexity index is 622. The number of carbonyl (C=O) groups is 3. The molecular weight excluding hydrogens is 307 g/mol. The average molecular weight is 324 g/mol. The summed E-state index contributed by atoms with van der Waals surface area (Å²) in [7, 11) is 0. The normalized spacial score (nSPS) is 20.9. The highest BCUT2D eigenvalue weighted by Crippen LogP contribution is 2.11. The van der Waals surface area contributed by atoms with E-state index in [1.165, 1.54) is 23.1 Å². The Hall–Kier alpha value is -2.48. The van der Waals surface area contributed by atoms with Crippen LogP contribution in [0, 0.1) is 5.82 Å². The van der Waals surface area contributed by atoms with E-state index in [0.29, 0.717) is 0 Å². The molecule has 1 aromatic carbocycles. The topological polar surface area (TPSA) is 95.9 Å². The zero-order valence-electron chi connectivity index (χ0n) is 12.5. The largest absolute Gasteiger partial charge is 0.479 e. The molecule has 1 aliphatic heterocycles. The first-order chi connectivity index (χ1) is 10.9. The molecule has 2 N–H and O–H groups in total. The van der Waals surface area contributed by atoms with Crippen LogP contribution in [0.4, 0.5) is 4.39 Å². The SMILES string of the molecule is C[C@@H]1CN(C(=O)CNC(=O)c2cccc(F)c2)CC(C(=O)O)O1. The Kier molecular flexibility index (Phi) is 5.28. The van der Waals surface area contributed by atoms with Crippen molar-refractivity contribution in [2.75, 3.05) is 19.6 Å². The molecule has 1 aliphatic rings. The van der Waals surface area contributed by atoms with Crippen LogP contribution in [0.2, 0.25) is 0 Å². The molecule has 1 fully saturated rings. The van der Waals surface area contributed by atoms with Crippen LogP contribution in [0.25, 0.3) is 0 Å². The van der Waals surface area contributed by atoms with Crippen molar-refractivity contribution < 1.29 is 28.6 Å². The Labute approximate surface area is 132 Å². The van der Waals surface area contributed by atoms with Gasteiger partial charge in [-0.05, 0) is 25.1 Å². The number of nitrogens with zero attached hydrogens (tertiary/aromatic N) is 1. The van der Waals surface area contributed by atoms with Crippen molar-refractivity contribution in [3.05, 3.63) is 35.6 Å². The number of aliphatic carboxylic acids is 1. The molecular formula is C15H17FN2O5. The van der Waals surface area contributed by atoms with E-state index < -0.39 is 35.8 Å². The second-order valence-electron chi connectivity index (χ2n) is 5.27. The standard InChI is InChI=1S/C15H17FN2O5/c1-9-7-18(8-12(23-9)15(21)22)13(19)6-17-14(20)10-3-2-4-11(16)5-10/h2-5,9,12H,6-8H2,1H3,(H,17,20)(H,21,22)/t9-,12?/m1/s1. The highest BCUT2D eigenvalue weighted by Gasteiger charge is 2.32. The van der Waals surface area contributed by atoms with Gasteiger partial charge in [-0.3, -0.25) is 9.59 Å². The van der Waals surface area contributed by atoms with Gasteiger partial charge in [0.15, 0.2) is 6.10 Å².